The van der Waals surface area contributed by atoms with Crippen LogP contribution in [0.25, 0.3) is 0 Å². The maximum absolute atomic E-state index is 12.9. The van der Waals surface area contributed by atoms with Crippen LogP contribution in [0.1, 0.15) is 24.6 Å². The van der Waals surface area contributed by atoms with E-state index in [0.29, 0.717) is 34.9 Å². The molecule has 2 aromatic rings. The molecular formula is C24H27ClF2N6OS. The number of pyridine rings is 1. The number of alkyl halides is 2. The van der Waals surface area contributed by atoms with Gasteiger partial charge >= 0.3 is 0 Å². The van der Waals surface area contributed by atoms with Crippen LogP contribution in [0.15, 0.2) is 52.8 Å². The van der Waals surface area contributed by atoms with Crippen molar-refractivity contribution < 1.29 is 13.5 Å². The van der Waals surface area contributed by atoms with Crippen molar-refractivity contribution in [1.29, 1.82) is 0 Å². The molecule has 1 aromatic carbocycles. The summed E-state index contributed by atoms with van der Waals surface area (Å²) in [6.45, 7) is 7.37. The van der Waals surface area contributed by atoms with Gasteiger partial charge in [-0.2, -0.15) is 10.2 Å². The minimum Gasteiger partial charge on any atom is -0.378 e. The Morgan fingerprint density at radius 3 is 2.69 bits per heavy atom. The number of nitrogens with zero attached hydrogens (tertiary/aromatic N) is 6. The van der Waals surface area contributed by atoms with Gasteiger partial charge in [-0.15, -0.1) is 0 Å². The summed E-state index contributed by atoms with van der Waals surface area (Å²) in [5, 5.41) is 8.18. The molecule has 1 unspecified atom stereocenters. The van der Waals surface area contributed by atoms with E-state index in [2.05, 4.69) is 35.6 Å². The smallest absolute Gasteiger partial charge is 0.278 e. The van der Waals surface area contributed by atoms with E-state index in [4.69, 9.17) is 16.3 Å². The van der Waals surface area contributed by atoms with E-state index in [1.54, 1.807) is 18.3 Å². The molecule has 186 valence electrons. The lowest BCUT2D eigenvalue weighted by atomic mass is 10.1. The predicted molar refractivity (Wildman–Crippen MR) is 136 cm³/mol. The molecule has 0 bridgehead atoms. The number of anilines is 1. The fourth-order valence-electron chi connectivity index (χ4n) is 4.39. The van der Waals surface area contributed by atoms with Gasteiger partial charge in [-0.3, -0.25) is 14.2 Å². The van der Waals surface area contributed by atoms with Gasteiger partial charge in [0.15, 0.2) is 0 Å². The number of halogens is 3. The average molecular weight is 521 g/mol. The van der Waals surface area contributed by atoms with E-state index in [1.165, 1.54) is 0 Å². The fraction of sp³-hybridized carbons (Fsp3) is 0.458. The van der Waals surface area contributed by atoms with Crippen molar-refractivity contribution in [2.75, 3.05) is 37.2 Å². The second kappa shape index (κ2) is 10.9. The van der Waals surface area contributed by atoms with Crippen molar-refractivity contribution in [2.45, 2.75) is 38.4 Å². The van der Waals surface area contributed by atoms with E-state index in [1.807, 2.05) is 36.4 Å². The monoisotopic (exact) mass is 520 g/mol. The topological polar surface area (TPSA) is 56.6 Å². The summed E-state index contributed by atoms with van der Waals surface area (Å²) in [5.74, 6) is 0. The molecule has 2 fully saturated rings. The summed E-state index contributed by atoms with van der Waals surface area (Å²) >= 11 is 7.98. The molecule has 4 heterocycles. The number of rotatable bonds is 8. The maximum atomic E-state index is 12.9. The van der Waals surface area contributed by atoms with Gasteiger partial charge in [-0.25, -0.2) is 13.1 Å². The van der Waals surface area contributed by atoms with Crippen molar-refractivity contribution in [3.05, 3.63) is 58.9 Å². The van der Waals surface area contributed by atoms with Crippen molar-refractivity contribution in [2.24, 2.45) is 10.2 Å². The van der Waals surface area contributed by atoms with Crippen molar-refractivity contribution in [1.82, 2.24) is 14.2 Å². The van der Waals surface area contributed by atoms with Crippen LogP contribution >= 0.6 is 23.7 Å². The summed E-state index contributed by atoms with van der Waals surface area (Å²) in [6.07, 6.45) is -0.848. The molecule has 0 aliphatic carbocycles. The zero-order valence-corrected chi connectivity index (χ0v) is 20.9. The summed E-state index contributed by atoms with van der Waals surface area (Å²) in [5.41, 5.74) is 2.87. The zero-order valence-electron chi connectivity index (χ0n) is 19.4. The van der Waals surface area contributed by atoms with Gasteiger partial charge in [-0.1, -0.05) is 17.7 Å². The molecule has 0 amide bonds. The van der Waals surface area contributed by atoms with Crippen LogP contribution in [0.2, 0.25) is 5.02 Å². The van der Waals surface area contributed by atoms with Crippen molar-refractivity contribution in [3.63, 3.8) is 0 Å². The average Bonchev–Trinajstić information content (AvgIpc) is 3.30. The van der Waals surface area contributed by atoms with Gasteiger partial charge in [0, 0.05) is 61.0 Å². The quantitative estimate of drug-likeness (QED) is 0.477. The molecule has 11 heteroatoms. The third-order valence-electron chi connectivity index (χ3n) is 6.40. The molecule has 0 spiro atoms. The van der Waals surface area contributed by atoms with Crippen LogP contribution in [0.5, 0.6) is 0 Å². The molecule has 3 aliphatic rings. The normalized spacial score (nSPS) is 21.7. The Kier molecular flexibility index (Phi) is 7.64. The van der Waals surface area contributed by atoms with Crippen LogP contribution in [-0.2, 0) is 11.3 Å². The summed E-state index contributed by atoms with van der Waals surface area (Å²) in [7, 11) is 0. The number of hydrogen-bond donors (Lipinski definition) is 0. The van der Waals surface area contributed by atoms with Gasteiger partial charge < -0.3 is 4.74 Å². The van der Waals surface area contributed by atoms with Gasteiger partial charge in [-0.05, 0) is 37.3 Å². The fourth-order valence-corrected chi connectivity index (χ4v) is 5.70. The molecule has 1 aromatic heterocycles. The molecule has 0 N–H and O–H groups in total. The van der Waals surface area contributed by atoms with Crippen LogP contribution in [0.4, 0.5) is 14.5 Å². The SMILES string of the molecule is CC1CN(SN(Cc2ccc(C3=NN=C(C(F)F)C3)cn2)c2cccc(Cl)c2)CCN1C1COC1. The van der Waals surface area contributed by atoms with Crippen molar-refractivity contribution >= 4 is 40.8 Å². The first-order valence-electron chi connectivity index (χ1n) is 11.6. The Morgan fingerprint density at radius 2 is 2.06 bits per heavy atom. The highest BCUT2D eigenvalue weighted by Gasteiger charge is 2.34. The van der Waals surface area contributed by atoms with E-state index in [-0.39, 0.29) is 12.1 Å². The molecule has 0 saturated carbocycles. The lowest BCUT2D eigenvalue weighted by Gasteiger charge is -2.46. The number of piperazine rings is 1. The second-order valence-corrected chi connectivity index (χ2v) is 10.5. The number of aromatic nitrogens is 1. The third kappa shape index (κ3) is 5.83. The van der Waals surface area contributed by atoms with Crippen LogP contribution in [0, 0.1) is 0 Å². The number of benzene rings is 1. The van der Waals surface area contributed by atoms with E-state index >= 15 is 0 Å². The van der Waals surface area contributed by atoms with Gasteiger partial charge in [0.1, 0.15) is 5.71 Å². The largest absolute Gasteiger partial charge is 0.378 e. The molecular weight excluding hydrogens is 494 g/mol. The molecule has 5 rings (SSSR count). The minimum atomic E-state index is -2.58. The first kappa shape index (κ1) is 24.6. The molecule has 3 aliphatic heterocycles. The Bertz CT molecular complexity index is 1100. The molecule has 0 radical (unpaired) electrons. The number of hydrogen-bond acceptors (Lipinski definition) is 8. The summed E-state index contributed by atoms with van der Waals surface area (Å²) < 4.78 is 35.7. The van der Waals surface area contributed by atoms with E-state index in [0.717, 1.165) is 44.2 Å². The molecule has 2 saturated heterocycles. The van der Waals surface area contributed by atoms with Gasteiger partial charge in [0.25, 0.3) is 6.43 Å². The summed E-state index contributed by atoms with van der Waals surface area (Å²) in [6, 6.07) is 12.5. The molecule has 35 heavy (non-hydrogen) atoms. The summed E-state index contributed by atoms with van der Waals surface area (Å²) in [4.78, 5) is 7.14. The van der Waals surface area contributed by atoms with Crippen molar-refractivity contribution in [3.8, 4) is 0 Å². The molecule has 7 nitrogen and oxygen atoms in total. The first-order valence-corrected chi connectivity index (χ1v) is 12.7. The Morgan fingerprint density at radius 1 is 1.20 bits per heavy atom. The highest BCUT2D eigenvalue weighted by Crippen LogP contribution is 2.31. The van der Waals surface area contributed by atoms with Gasteiger partial charge in [0.2, 0.25) is 0 Å². The van der Waals surface area contributed by atoms with E-state index < -0.39 is 6.43 Å². The zero-order chi connectivity index (χ0) is 24.4. The van der Waals surface area contributed by atoms with E-state index in [9.17, 15) is 8.78 Å². The Balaban J connectivity index is 1.26. The Labute approximate surface area is 213 Å². The van der Waals surface area contributed by atoms with Crippen LogP contribution in [0.3, 0.4) is 0 Å². The standard InChI is InChI=1S/C24H27ClF2N6OS/c1-16-12-31(7-8-32(16)21-14-34-15-21)35-33(20-4-2-3-18(25)9-20)13-19-6-5-17(11-28-19)22-10-23(24(26)27)30-29-22/h2-6,9,11,16,21,24H,7-8,10,12-15H2,1H3. The highest BCUT2D eigenvalue weighted by molar-refractivity contribution is 7.98. The highest BCUT2D eigenvalue weighted by atomic mass is 35.5. The maximum Gasteiger partial charge on any atom is 0.278 e. The molecule has 1 atom stereocenters. The first-order chi connectivity index (χ1) is 17.0. The van der Waals surface area contributed by atoms with Crippen LogP contribution in [-0.4, -0.2) is 77.0 Å². The third-order valence-corrected chi connectivity index (χ3v) is 7.74. The number of ether oxygens (including phenoxy) is 1. The predicted octanol–water partition coefficient (Wildman–Crippen LogP) is 4.52. The lowest BCUT2D eigenvalue weighted by molar-refractivity contribution is -0.0867. The minimum absolute atomic E-state index is 0.0559. The second-order valence-electron chi connectivity index (χ2n) is 8.92. The van der Waals surface area contributed by atoms with Gasteiger partial charge in [0.05, 0.1) is 42.9 Å². The lowest BCUT2D eigenvalue weighted by Crippen LogP contribution is -2.59. The van der Waals surface area contributed by atoms with Crippen LogP contribution < -0.4 is 4.31 Å². The Hall–Kier alpha value is -2.11.